The molecule has 7 heteroatoms. The third-order valence-corrected chi connectivity index (χ3v) is 4.16. The summed E-state index contributed by atoms with van der Waals surface area (Å²) in [6.07, 6.45) is 0. The van der Waals surface area contributed by atoms with Gasteiger partial charge in [-0.15, -0.1) is 11.3 Å². The monoisotopic (exact) mass is 355 g/mol. The summed E-state index contributed by atoms with van der Waals surface area (Å²) in [4.78, 5) is 21.0. The molecule has 2 aromatic carbocycles. The van der Waals surface area contributed by atoms with Gasteiger partial charge in [-0.3, -0.25) is 10.2 Å². The van der Waals surface area contributed by atoms with Crippen molar-refractivity contribution in [3.63, 3.8) is 0 Å². The van der Waals surface area contributed by atoms with Crippen molar-refractivity contribution in [2.75, 3.05) is 19.5 Å². The quantitative estimate of drug-likeness (QED) is 0.678. The second kappa shape index (κ2) is 7.78. The minimum atomic E-state index is -0.380. The lowest BCUT2D eigenvalue weighted by Crippen LogP contribution is -2.30. The van der Waals surface area contributed by atoms with Gasteiger partial charge in [0.1, 0.15) is 11.5 Å². The lowest BCUT2D eigenvalue weighted by molar-refractivity contribution is -0.0598. The molecule has 128 valence electrons. The van der Waals surface area contributed by atoms with E-state index >= 15 is 0 Å². The normalized spacial score (nSPS) is 10.3. The summed E-state index contributed by atoms with van der Waals surface area (Å²) in [5.74, 6) is 1.54. The number of nitrogens with zero attached hydrogens (tertiary/aromatic N) is 2. The molecule has 0 unspecified atom stereocenters. The Kier molecular flexibility index (Phi) is 5.27. The molecule has 0 radical (unpaired) electrons. The van der Waals surface area contributed by atoms with Crippen molar-refractivity contribution in [2.45, 2.75) is 0 Å². The van der Waals surface area contributed by atoms with E-state index in [4.69, 9.17) is 9.57 Å². The van der Waals surface area contributed by atoms with E-state index in [1.807, 2.05) is 60.0 Å². The Morgan fingerprint density at radius 1 is 1.08 bits per heavy atom. The van der Waals surface area contributed by atoms with E-state index in [1.165, 1.54) is 25.5 Å². The number of anilines is 1. The minimum absolute atomic E-state index is 0.380. The van der Waals surface area contributed by atoms with Crippen LogP contribution in [0, 0.1) is 0 Å². The van der Waals surface area contributed by atoms with E-state index < -0.39 is 0 Å². The molecule has 1 heterocycles. The zero-order valence-corrected chi connectivity index (χ0v) is 14.6. The van der Waals surface area contributed by atoms with Gasteiger partial charge in [-0.05, 0) is 36.4 Å². The summed E-state index contributed by atoms with van der Waals surface area (Å²) in [5, 5.41) is 6.16. The average molecular weight is 355 g/mol. The Labute approximate surface area is 149 Å². The first-order valence-corrected chi connectivity index (χ1v) is 8.41. The number of urea groups is 1. The molecule has 0 saturated carbocycles. The number of carbonyl (C=O) groups excluding carboxylic acids is 1. The molecular weight excluding hydrogens is 338 g/mol. The highest BCUT2D eigenvalue weighted by Gasteiger charge is 2.11. The topological polar surface area (TPSA) is 63.7 Å². The van der Waals surface area contributed by atoms with Crippen molar-refractivity contribution >= 4 is 22.5 Å². The standard InChI is InChI=1S/C18H17N3O3S/c1-21(23-2)18(22)20-17-19-16(12-25-17)13-8-10-15(11-9-13)24-14-6-4-3-5-7-14/h3-12H,1-2H3,(H,19,20,22). The third kappa shape index (κ3) is 4.34. The van der Waals surface area contributed by atoms with Gasteiger partial charge in [0.25, 0.3) is 0 Å². The van der Waals surface area contributed by atoms with E-state index in [0.717, 1.165) is 27.8 Å². The SMILES string of the molecule is CON(C)C(=O)Nc1nc(-c2ccc(Oc3ccccc3)cc2)cs1. The maximum Gasteiger partial charge on any atom is 0.347 e. The summed E-state index contributed by atoms with van der Waals surface area (Å²) in [5.41, 5.74) is 1.73. The summed E-state index contributed by atoms with van der Waals surface area (Å²) >= 11 is 1.35. The molecule has 0 fully saturated rings. The predicted molar refractivity (Wildman–Crippen MR) is 97.9 cm³/mol. The van der Waals surface area contributed by atoms with Crippen LogP contribution in [0.15, 0.2) is 60.0 Å². The molecule has 0 aliphatic rings. The number of nitrogens with one attached hydrogen (secondary N) is 1. The van der Waals surface area contributed by atoms with Crippen molar-refractivity contribution in [3.8, 4) is 22.8 Å². The number of carbonyl (C=O) groups is 1. The predicted octanol–water partition coefficient (Wildman–Crippen LogP) is 4.63. The molecule has 25 heavy (non-hydrogen) atoms. The van der Waals surface area contributed by atoms with Gasteiger partial charge in [0.2, 0.25) is 0 Å². The first-order valence-electron chi connectivity index (χ1n) is 7.53. The smallest absolute Gasteiger partial charge is 0.347 e. The number of benzene rings is 2. The molecular formula is C18H17N3O3S. The molecule has 3 rings (SSSR count). The molecule has 1 aromatic heterocycles. The first-order chi connectivity index (χ1) is 12.2. The van der Waals surface area contributed by atoms with Gasteiger partial charge >= 0.3 is 6.03 Å². The van der Waals surface area contributed by atoms with Crippen LogP contribution in [-0.2, 0) is 4.84 Å². The van der Waals surface area contributed by atoms with Crippen molar-refractivity contribution in [1.82, 2.24) is 10.0 Å². The van der Waals surface area contributed by atoms with Gasteiger partial charge in [0.05, 0.1) is 12.8 Å². The fourth-order valence-corrected chi connectivity index (χ4v) is 2.74. The Bertz CT molecular complexity index is 834. The molecule has 0 saturated heterocycles. The molecule has 0 atom stereocenters. The van der Waals surface area contributed by atoms with E-state index in [2.05, 4.69) is 10.3 Å². The molecule has 0 bridgehead atoms. The molecule has 1 N–H and O–H groups in total. The second-order valence-corrected chi connectivity index (χ2v) is 5.95. The number of hydrogen-bond acceptors (Lipinski definition) is 5. The lowest BCUT2D eigenvalue weighted by atomic mass is 10.2. The molecule has 3 aromatic rings. The molecule has 0 aliphatic heterocycles. The average Bonchev–Trinajstić information content (AvgIpc) is 3.11. The number of aromatic nitrogens is 1. The van der Waals surface area contributed by atoms with Crippen LogP contribution in [0.1, 0.15) is 0 Å². The highest BCUT2D eigenvalue weighted by Crippen LogP contribution is 2.28. The number of amides is 2. The number of para-hydroxylation sites is 1. The van der Waals surface area contributed by atoms with Crippen molar-refractivity contribution in [1.29, 1.82) is 0 Å². The Morgan fingerprint density at radius 2 is 1.76 bits per heavy atom. The Morgan fingerprint density at radius 3 is 2.44 bits per heavy atom. The van der Waals surface area contributed by atoms with Gasteiger partial charge in [0.15, 0.2) is 5.13 Å². The first kappa shape index (κ1) is 16.9. The van der Waals surface area contributed by atoms with Crippen molar-refractivity contribution < 1.29 is 14.4 Å². The van der Waals surface area contributed by atoms with Crippen molar-refractivity contribution in [3.05, 3.63) is 60.0 Å². The van der Waals surface area contributed by atoms with E-state index in [0.29, 0.717) is 5.13 Å². The number of hydrogen-bond donors (Lipinski definition) is 1. The summed E-state index contributed by atoms with van der Waals surface area (Å²) < 4.78 is 5.77. The van der Waals surface area contributed by atoms with Crippen LogP contribution < -0.4 is 10.1 Å². The van der Waals surface area contributed by atoms with E-state index in [1.54, 1.807) is 0 Å². The summed E-state index contributed by atoms with van der Waals surface area (Å²) in [7, 11) is 2.95. The molecule has 0 aliphatic carbocycles. The van der Waals surface area contributed by atoms with Crippen LogP contribution in [0.25, 0.3) is 11.3 Å². The van der Waals surface area contributed by atoms with Gasteiger partial charge < -0.3 is 4.74 Å². The van der Waals surface area contributed by atoms with Crippen LogP contribution in [-0.4, -0.2) is 30.2 Å². The van der Waals surface area contributed by atoms with Crippen LogP contribution in [0.5, 0.6) is 11.5 Å². The fourth-order valence-electron chi connectivity index (χ4n) is 2.04. The van der Waals surface area contributed by atoms with Gasteiger partial charge in [-0.2, -0.15) is 0 Å². The highest BCUT2D eigenvalue weighted by atomic mass is 32.1. The molecule has 2 amide bonds. The van der Waals surface area contributed by atoms with Crippen LogP contribution in [0.4, 0.5) is 9.93 Å². The zero-order valence-electron chi connectivity index (χ0n) is 13.8. The summed E-state index contributed by atoms with van der Waals surface area (Å²) in [6.45, 7) is 0. The van der Waals surface area contributed by atoms with Crippen LogP contribution in [0.2, 0.25) is 0 Å². The number of thiazole rings is 1. The third-order valence-electron chi connectivity index (χ3n) is 3.41. The zero-order chi connectivity index (χ0) is 17.6. The lowest BCUT2D eigenvalue weighted by Gasteiger charge is -2.12. The van der Waals surface area contributed by atoms with Gasteiger partial charge in [0, 0.05) is 18.0 Å². The second-order valence-electron chi connectivity index (χ2n) is 5.09. The fraction of sp³-hybridized carbons (Fsp3) is 0.111. The number of ether oxygens (including phenoxy) is 1. The number of rotatable bonds is 5. The van der Waals surface area contributed by atoms with E-state index in [-0.39, 0.29) is 6.03 Å². The summed E-state index contributed by atoms with van der Waals surface area (Å²) in [6, 6.07) is 16.9. The largest absolute Gasteiger partial charge is 0.457 e. The Hall–Kier alpha value is -2.90. The molecule has 6 nitrogen and oxygen atoms in total. The maximum atomic E-state index is 11.7. The highest BCUT2D eigenvalue weighted by molar-refractivity contribution is 7.14. The number of hydroxylamine groups is 2. The van der Waals surface area contributed by atoms with Crippen LogP contribution >= 0.6 is 11.3 Å². The maximum absolute atomic E-state index is 11.7. The van der Waals surface area contributed by atoms with Gasteiger partial charge in [-0.25, -0.2) is 14.8 Å². The Balaban J connectivity index is 1.67. The van der Waals surface area contributed by atoms with E-state index in [9.17, 15) is 4.79 Å². The van der Waals surface area contributed by atoms with Gasteiger partial charge in [-0.1, -0.05) is 18.2 Å². The van der Waals surface area contributed by atoms with Crippen LogP contribution in [0.3, 0.4) is 0 Å². The van der Waals surface area contributed by atoms with Crippen molar-refractivity contribution in [2.24, 2.45) is 0 Å². The molecule has 0 spiro atoms. The minimum Gasteiger partial charge on any atom is -0.457 e.